The monoisotopic (exact) mass is 291 g/mol. The molecule has 0 radical (unpaired) electrons. The molecule has 0 aliphatic carbocycles. The van der Waals surface area contributed by atoms with Gasteiger partial charge in [-0.15, -0.1) is 11.3 Å². The summed E-state index contributed by atoms with van der Waals surface area (Å²) in [6.07, 6.45) is 2.00. The fourth-order valence-corrected chi connectivity index (χ4v) is 2.61. The highest BCUT2D eigenvalue weighted by Gasteiger charge is 2.08. The molecule has 1 aromatic carbocycles. The Morgan fingerprint density at radius 2 is 2.20 bits per heavy atom. The van der Waals surface area contributed by atoms with Crippen LogP contribution < -0.4 is 4.80 Å². The molecule has 0 unspecified atom stereocenters. The number of benzene rings is 1. The first-order valence-corrected chi connectivity index (χ1v) is 7.29. The number of thiazole rings is 1. The molecule has 0 atom stereocenters. The van der Waals surface area contributed by atoms with Crippen LogP contribution in [0, 0.1) is 23.0 Å². The minimum atomic E-state index is -0.394. The Bertz CT molecular complexity index is 686. The zero-order chi connectivity index (χ0) is 14.7. The molecule has 0 saturated heterocycles. The van der Waals surface area contributed by atoms with Crippen LogP contribution in [-0.2, 0) is 6.54 Å². The molecule has 0 amide bonds. The number of nitrogens with zero attached hydrogens (tertiary/aromatic N) is 3. The maximum Gasteiger partial charge on any atom is 0.271 e. The third-order valence-corrected chi connectivity index (χ3v) is 3.64. The van der Waals surface area contributed by atoms with Crippen molar-refractivity contribution in [1.82, 2.24) is 4.57 Å². The summed E-state index contributed by atoms with van der Waals surface area (Å²) in [4.78, 5) is 15.9. The van der Waals surface area contributed by atoms with Crippen molar-refractivity contribution in [2.45, 2.75) is 27.3 Å². The number of rotatable bonds is 4. The van der Waals surface area contributed by atoms with Gasteiger partial charge in [-0.3, -0.25) is 10.1 Å². The molecule has 6 heteroatoms. The summed E-state index contributed by atoms with van der Waals surface area (Å²) in [6.45, 7) is 7.08. The van der Waals surface area contributed by atoms with Crippen LogP contribution in [0.15, 0.2) is 34.8 Å². The highest BCUT2D eigenvalue weighted by molar-refractivity contribution is 7.07. The van der Waals surface area contributed by atoms with Crippen LogP contribution in [0.3, 0.4) is 0 Å². The van der Waals surface area contributed by atoms with Crippen molar-refractivity contribution in [3.8, 4) is 0 Å². The van der Waals surface area contributed by atoms with Gasteiger partial charge in [0, 0.05) is 30.3 Å². The average Bonchev–Trinajstić information content (AvgIpc) is 2.78. The van der Waals surface area contributed by atoms with Crippen molar-refractivity contribution in [3.63, 3.8) is 0 Å². The molecule has 0 saturated carbocycles. The second-order valence-corrected chi connectivity index (χ2v) is 5.94. The Labute approximate surface area is 121 Å². The minimum Gasteiger partial charge on any atom is -0.323 e. The first-order chi connectivity index (χ1) is 9.47. The van der Waals surface area contributed by atoms with Crippen LogP contribution in [0.25, 0.3) is 0 Å². The summed E-state index contributed by atoms with van der Waals surface area (Å²) in [5.74, 6) is 0.523. The van der Waals surface area contributed by atoms with Crippen LogP contribution in [0.4, 0.5) is 11.4 Å². The van der Waals surface area contributed by atoms with Crippen LogP contribution in [0.5, 0.6) is 0 Å². The third-order valence-electron chi connectivity index (χ3n) is 2.84. The molecule has 20 heavy (non-hydrogen) atoms. The molecule has 0 spiro atoms. The Morgan fingerprint density at radius 3 is 2.85 bits per heavy atom. The molecule has 5 nitrogen and oxygen atoms in total. The molecule has 106 valence electrons. The Morgan fingerprint density at radius 1 is 1.45 bits per heavy atom. The Hall–Kier alpha value is -1.95. The molecule has 0 bridgehead atoms. The standard InChI is InChI=1S/C14H17N3O2S/c1-10(2)9-16-6-7-20-14(16)15-13-8-12(17(18)19)5-4-11(13)3/h4-8,10H,9H2,1-3H3. The van der Waals surface area contributed by atoms with Crippen molar-refractivity contribution in [1.29, 1.82) is 0 Å². The fourth-order valence-electron chi connectivity index (χ4n) is 1.85. The minimum absolute atomic E-state index is 0.0707. The van der Waals surface area contributed by atoms with Crippen molar-refractivity contribution in [2.24, 2.45) is 10.9 Å². The molecule has 2 rings (SSSR count). The highest BCUT2D eigenvalue weighted by atomic mass is 32.1. The number of hydrogen-bond acceptors (Lipinski definition) is 4. The Balaban J connectivity index is 2.47. The molecular formula is C14H17N3O2S. The van der Waals surface area contributed by atoms with E-state index in [4.69, 9.17) is 0 Å². The fraction of sp³-hybridized carbons (Fsp3) is 0.357. The second kappa shape index (κ2) is 6.00. The number of nitro benzene ring substituents is 1. The van der Waals surface area contributed by atoms with Crippen LogP contribution in [0.2, 0.25) is 0 Å². The van der Waals surface area contributed by atoms with E-state index in [1.807, 2.05) is 18.5 Å². The number of aromatic nitrogens is 1. The second-order valence-electron chi connectivity index (χ2n) is 5.07. The first-order valence-electron chi connectivity index (χ1n) is 6.41. The first kappa shape index (κ1) is 14.5. The zero-order valence-electron chi connectivity index (χ0n) is 11.7. The van der Waals surface area contributed by atoms with E-state index in [1.165, 1.54) is 23.5 Å². The summed E-state index contributed by atoms with van der Waals surface area (Å²) < 4.78 is 2.08. The summed E-state index contributed by atoms with van der Waals surface area (Å²) in [6, 6.07) is 4.76. The lowest BCUT2D eigenvalue weighted by Gasteiger charge is -2.06. The summed E-state index contributed by atoms with van der Waals surface area (Å²) in [7, 11) is 0. The summed E-state index contributed by atoms with van der Waals surface area (Å²) >= 11 is 1.54. The number of hydrogen-bond donors (Lipinski definition) is 0. The highest BCUT2D eigenvalue weighted by Crippen LogP contribution is 2.24. The van der Waals surface area contributed by atoms with Gasteiger partial charge in [0.15, 0.2) is 4.80 Å². The zero-order valence-corrected chi connectivity index (χ0v) is 12.6. The van der Waals surface area contributed by atoms with Crippen molar-refractivity contribution in [2.75, 3.05) is 0 Å². The number of aryl methyl sites for hydroxylation is 1. The van der Waals surface area contributed by atoms with Gasteiger partial charge in [-0.1, -0.05) is 19.9 Å². The van der Waals surface area contributed by atoms with E-state index in [1.54, 1.807) is 6.07 Å². The molecule has 0 aliphatic rings. The van der Waals surface area contributed by atoms with Gasteiger partial charge in [-0.05, 0) is 18.4 Å². The molecule has 0 N–H and O–H groups in total. The van der Waals surface area contributed by atoms with E-state index in [0.717, 1.165) is 16.9 Å². The predicted molar refractivity (Wildman–Crippen MR) is 80.2 cm³/mol. The number of nitro groups is 1. The summed E-state index contributed by atoms with van der Waals surface area (Å²) in [5.41, 5.74) is 1.65. The SMILES string of the molecule is Cc1ccc([N+](=O)[O-])cc1N=c1sccn1CC(C)C. The van der Waals surface area contributed by atoms with Gasteiger partial charge < -0.3 is 4.57 Å². The van der Waals surface area contributed by atoms with Gasteiger partial charge in [0.05, 0.1) is 10.6 Å². The van der Waals surface area contributed by atoms with Crippen LogP contribution in [-0.4, -0.2) is 9.49 Å². The maximum absolute atomic E-state index is 10.8. The van der Waals surface area contributed by atoms with Crippen molar-refractivity contribution < 1.29 is 4.92 Å². The van der Waals surface area contributed by atoms with E-state index < -0.39 is 4.92 Å². The van der Waals surface area contributed by atoms with E-state index in [2.05, 4.69) is 23.4 Å². The largest absolute Gasteiger partial charge is 0.323 e. The van der Waals surface area contributed by atoms with E-state index in [9.17, 15) is 10.1 Å². The number of non-ortho nitro benzene ring substituents is 1. The summed E-state index contributed by atoms with van der Waals surface area (Å²) in [5, 5.41) is 12.8. The van der Waals surface area contributed by atoms with Crippen LogP contribution >= 0.6 is 11.3 Å². The van der Waals surface area contributed by atoms with Gasteiger partial charge in [-0.25, -0.2) is 4.99 Å². The van der Waals surface area contributed by atoms with E-state index in [0.29, 0.717) is 11.6 Å². The van der Waals surface area contributed by atoms with Crippen molar-refractivity contribution in [3.05, 3.63) is 50.3 Å². The van der Waals surface area contributed by atoms with E-state index >= 15 is 0 Å². The van der Waals surface area contributed by atoms with Gasteiger partial charge in [0.25, 0.3) is 5.69 Å². The van der Waals surface area contributed by atoms with Crippen LogP contribution in [0.1, 0.15) is 19.4 Å². The molecule has 1 heterocycles. The molecule has 0 aliphatic heterocycles. The third kappa shape index (κ3) is 3.33. The Kier molecular flexibility index (Phi) is 4.34. The molecule has 2 aromatic rings. The molecule has 0 fully saturated rings. The smallest absolute Gasteiger partial charge is 0.271 e. The normalized spacial score (nSPS) is 12.1. The van der Waals surface area contributed by atoms with Gasteiger partial charge in [0.1, 0.15) is 0 Å². The molecule has 1 aromatic heterocycles. The lowest BCUT2D eigenvalue weighted by atomic mass is 10.2. The topological polar surface area (TPSA) is 60.4 Å². The quantitative estimate of drug-likeness (QED) is 0.637. The lowest BCUT2D eigenvalue weighted by molar-refractivity contribution is -0.384. The van der Waals surface area contributed by atoms with Gasteiger partial charge >= 0.3 is 0 Å². The van der Waals surface area contributed by atoms with Gasteiger partial charge in [0.2, 0.25) is 0 Å². The lowest BCUT2D eigenvalue weighted by Crippen LogP contribution is -2.16. The van der Waals surface area contributed by atoms with Crippen molar-refractivity contribution >= 4 is 22.7 Å². The van der Waals surface area contributed by atoms with E-state index in [-0.39, 0.29) is 5.69 Å². The molecular weight excluding hydrogens is 274 g/mol. The van der Waals surface area contributed by atoms with Gasteiger partial charge in [-0.2, -0.15) is 0 Å². The maximum atomic E-state index is 10.8. The predicted octanol–water partition coefficient (Wildman–Crippen LogP) is 3.65. The average molecular weight is 291 g/mol.